The molecule has 3 rings (SSSR count). The third kappa shape index (κ3) is 2.80. The van der Waals surface area contributed by atoms with E-state index < -0.39 is 5.63 Å². The maximum atomic E-state index is 12.4. The summed E-state index contributed by atoms with van der Waals surface area (Å²) in [6.45, 7) is 3.98. The van der Waals surface area contributed by atoms with Gasteiger partial charge in [-0.1, -0.05) is 29.8 Å². The van der Waals surface area contributed by atoms with E-state index in [9.17, 15) is 9.59 Å². The first-order valence-electron chi connectivity index (χ1n) is 7.36. The van der Waals surface area contributed by atoms with Gasteiger partial charge in [0.1, 0.15) is 11.1 Å². The zero-order chi connectivity index (χ0) is 15.5. The molecule has 0 radical (unpaired) electrons. The second kappa shape index (κ2) is 6.15. The Bertz CT molecular complexity index is 805. The van der Waals surface area contributed by atoms with Crippen LogP contribution in [0.4, 0.5) is 0 Å². The van der Waals surface area contributed by atoms with Crippen molar-refractivity contribution in [2.45, 2.75) is 13.3 Å². The lowest BCUT2D eigenvalue weighted by Crippen LogP contribution is -2.32. The second-order valence-corrected chi connectivity index (χ2v) is 5.38. The summed E-state index contributed by atoms with van der Waals surface area (Å²) in [6, 6.07) is 7.23. The SMILES string of the molecule is Cc1c(C(=O)NCC2=CCNCC2)c(=O)oc2ccccc12. The molecule has 0 unspecified atom stereocenters. The van der Waals surface area contributed by atoms with Crippen LogP contribution in [-0.4, -0.2) is 25.5 Å². The topological polar surface area (TPSA) is 71.3 Å². The maximum absolute atomic E-state index is 12.4. The quantitative estimate of drug-likeness (QED) is 0.669. The number of carbonyl (C=O) groups is 1. The van der Waals surface area contributed by atoms with Gasteiger partial charge in [-0.2, -0.15) is 0 Å². The number of hydrogen-bond acceptors (Lipinski definition) is 4. The van der Waals surface area contributed by atoms with Gasteiger partial charge in [-0.15, -0.1) is 0 Å². The molecule has 1 aromatic carbocycles. The van der Waals surface area contributed by atoms with E-state index in [1.54, 1.807) is 19.1 Å². The Hall–Kier alpha value is -2.40. The molecule has 22 heavy (non-hydrogen) atoms. The third-order valence-corrected chi connectivity index (χ3v) is 3.93. The van der Waals surface area contributed by atoms with Crippen LogP contribution >= 0.6 is 0 Å². The highest BCUT2D eigenvalue weighted by atomic mass is 16.4. The van der Waals surface area contributed by atoms with Crippen molar-refractivity contribution in [3.63, 3.8) is 0 Å². The molecule has 2 heterocycles. The van der Waals surface area contributed by atoms with Crippen LogP contribution in [0.2, 0.25) is 0 Å². The standard InChI is InChI=1S/C17H18N2O3/c1-11-13-4-2-3-5-14(13)22-17(21)15(11)16(20)19-10-12-6-8-18-9-7-12/h2-6,18H,7-10H2,1H3,(H,19,20). The lowest BCUT2D eigenvalue weighted by molar-refractivity contribution is 0.0952. The molecule has 5 nitrogen and oxygen atoms in total. The van der Waals surface area contributed by atoms with E-state index in [-0.39, 0.29) is 11.5 Å². The van der Waals surface area contributed by atoms with Gasteiger partial charge in [-0.25, -0.2) is 4.79 Å². The van der Waals surface area contributed by atoms with Gasteiger partial charge in [0.05, 0.1) is 0 Å². The Morgan fingerprint density at radius 1 is 1.36 bits per heavy atom. The minimum Gasteiger partial charge on any atom is -0.422 e. The van der Waals surface area contributed by atoms with Crippen LogP contribution < -0.4 is 16.3 Å². The van der Waals surface area contributed by atoms with Crippen LogP contribution in [0.1, 0.15) is 22.3 Å². The molecule has 0 saturated heterocycles. The Morgan fingerprint density at radius 2 is 2.18 bits per heavy atom. The molecule has 5 heteroatoms. The highest BCUT2D eigenvalue weighted by molar-refractivity contribution is 5.99. The van der Waals surface area contributed by atoms with Gasteiger partial charge in [0.15, 0.2) is 0 Å². The molecule has 2 aromatic rings. The van der Waals surface area contributed by atoms with Crippen molar-refractivity contribution >= 4 is 16.9 Å². The van der Waals surface area contributed by atoms with E-state index in [0.717, 1.165) is 24.9 Å². The van der Waals surface area contributed by atoms with Crippen molar-refractivity contribution in [2.24, 2.45) is 0 Å². The van der Waals surface area contributed by atoms with E-state index in [4.69, 9.17) is 4.42 Å². The average Bonchev–Trinajstić information content (AvgIpc) is 2.54. The Kier molecular flexibility index (Phi) is 4.06. The molecule has 0 atom stereocenters. The van der Waals surface area contributed by atoms with Crippen molar-refractivity contribution in [1.82, 2.24) is 10.6 Å². The summed E-state index contributed by atoms with van der Waals surface area (Å²) in [5.74, 6) is -0.378. The van der Waals surface area contributed by atoms with Crippen molar-refractivity contribution in [3.05, 3.63) is 57.5 Å². The van der Waals surface area contributed by atoms with Crippen LogP contribution in [0.3, 0.4) is 0 Å². The van der Waals surface area contributed by atoms with Gasteiger partial charge in [0.25, 0.3) is 5.91 Å². The molecule has 114 valence electrons. The number of carbonyl (C=O) groups excluding carboxylic acids is 1. The molecule has 0 aliphatic carbocycles. The van der Waals surface area contributed by atoms with E-state index in [2.05, 4.69) is 16.7 Å². The molecular formula is C17H18N2O3. The van der Waals surface area contributed by atoms with Gasteiger partial charge in [-0.3, -0.25) is 4.79 Å². The predicted octanol–water partition coefficient (Wildman–Crippen LogP) is 1.75. The molecule has 0 spiro atoms. The fourth-order valence-corrected chi connectivity index (χ4v) is 2.68. The lowest BCUT2D eigenvalue weighted by Gasteiger charge is -2.15. The average molecular weight is 298 g/mol. The molecule has 1 amide bonds. The third-order valence-electron chi connectivity index (χ3n) is 3.93. The fourth-order valence-electron chi connectivity index (χ4n) is 2.68. The molecule has 1 aliphatic heterocycles. The summed E-state index contributed by atoms with van der Waals surface area (Å²) >= 11 is 0. The van der Waals surface area contributed by atoms with E-state index in [1.807, 2.05) is 12.1 Å². The summed E-state index contributed by atoms with van der Waals surface area (Å²) in [6.07, 6.45) is 2.98. The minimum atomic E-state index is -0.590. The van der Waals surface area contributed by atoms with Gasteiger partial charge >= 0.3 is 5.63 Å². The highest BCUT2D eigenvalue weighted by Crippen LogP contribution is 2.18. The van der Waals surface area contributed by atoms with Crippen molar-refractivity contribution < 1.29 is 9.21 Å². The molecule has 1 aromatic heterocycles. The van der Waals surface area contributed by atoms with Crippen molar-refractivity contribution in [3.8, 4) is 0 Å². The minimum absolute atomic E-state index is 0.0910. The summed E-state index contributed by atoms with van der Waals surface area (Å²) in [5, 5.41) is 6.82. The first-order chi connectivity index (χ1) is 10.7. The van der Waals surface area contributed by atoms with Gasteiger partial charge in [0.2, 0.25) is 0 Å². The van der Waals surface area contributed by atoms with E-state index in [0.29, 0.717) is 17.7 Å². The Labute approximate surface area is 128 Å². The normalized spacial score (nSPS) is 14.7. The lowest BCUT2D eigenvalue weighted by atomic mass is 10.1. The summed E-state index contributed by atoms with van der Waals surface area (Å²) < 4.78 is 5.25. The number of amides is 1. The largest absolute Gasteiger partial charge is 0.422 e. The number of fused-ring (bicyclic) bond motifs is 1. The van der Waals surface area contributed by atoms with Crippen LogP contribution in [-0.2, 0) is 0 Å². The van der Waals surface area contributed by atoms with Crippen molar-refractivity contribution in [1.29, 1.82) is 0 Å². The summed E-state index contributed by atoms with van der Waals surface area (Å²) in [4.78, 5) is 24.5. The molecule has 1 aliphatic rings. The molecule has 0 fully saturated rings. The molecular weight excluding hydrogens is 280 g/mol. The number of nitrogens with one attached hydrogen (secondary N) is 2. The Balaban J connectivity index is 1.87. The van der Waals surface area contributed by atoms with Gasteiger partial charge < -0.3 is 15.1 Å². The van der Waals surface area contributed by atoms with Crippen molar-refractivity contribution in [2.75, 3.05) is 19.6 Å². The highest BCUT2D eigenvalue weighted by Gasteiger charge is 2.18. The van der Waals surface area contributed by atoms with Crippen LogP contribution in [0.25, 0.3) is 11.0 Å². The smallest absolute Gasteiger partial charge is 0.349 e. The van der Waals surface area contributed by atoms with Crippen LogP contribution in [0, 0.1) is 6.92 Å². The first kappa shape index (κ1) is 14.5. The first-order valence-corrected chi connectivity index (χ1v) is 7.36. The van der Waals surface area contributed by atoms with E-state index in [1.165, 1.54) is 5.57 Å². The van der Waals surface area contributed by atoms with Gasteiger partial charge in [0, 0.05) is 18.5 Å². The zero-order valence-corrected chi connectivity index (χ0v) is 12.4. The molecule has 0 saturated carbocycles. The van der Waals surface area contributed by atoms with Crippen LogP contribution in [0.15, 0.2) is 45.1 Å². The second-order valence-electron chi connectivity index (χ2n) is 5.38. The number of para-hydroxylation sites is 1. The molecule has 2 N–H and O–H groups in total. The number of rotatable bonds is 3. The monoisotopic (exact) mass is 298 g/mol. The summed E-state index contributed by atoms with van der Waals surface area (Å²) in [5.41, 5.74) is 1.84. The van der Waals surface area contributed by atoms with Crippen LogP contribution in [0.5, 0.6) is 0 Å². The predicted molar refractivity (Wildman–Crippen MR) is 85.1 cm³/mol. The van der Waals surface area contributed by atoms with Gasteiger partial charge in [-0.05, 0) is 31.5 Å². The zero-order valence-electron chi connectivity index (χ0n) is 12.4. The fraction of sp³-hybridized carbons (Fsp3) is 0.294. The Morgan fingerprint density at radius 3 is 2.95 bits per heavy atom. The number of benzene rings is 1. The summed E-state index contributed by atoms with van der Waals surface area (Å²) in [7, 11) is 0. The number of aryl methyl sites for hydroxylation is 1. The maximum Gasteiger partial charge on any atom is 0.349 e. The number of hydrogen-bond donors (Lipinski definition) is 2. The molecule has 0 bridgehead atoms. The van der Waals surface area contributed by atoms with E-state index >= 15 is 0 Å².